The monoisotopic (exact) mass is 274 g/mol. The van der Waals surface area contributed by atoms with Crippen LogP contribution in [0.3, 0.4) is 0 Å². The summed E-state index contributed by atoms with van der Waals surface area (Å²) >= 11 is 0. The largest absolute Gasteiger partial charge is 0.507 e. The Morgan fingerprint density at radius 3 is 2.20 bits per heavy atom. The smallest absolute Gasteiger partial charge is 0.339 e. The quantitative estimate of drug-likeness (QED) is 0.736. The van der Waals surface area contributed by atoms with E-state index in [0.29, 0.717) is 11.1 Å². The minimum atomic E-state index is -1.26. The first kappa shape index (κ1) is 13.4. The third-order valence-corrected chi connectivity index (χ3v) is 2.70. The molecule has 0 spiro atoms. The molecule has 2 aromatic carbocycles. The number of carbonyl (C=O) groups is 2. The van der Waals surface area contributed by atoms with Crippen LogP contribution in [0.5, 0.6) is 17.2 Å². The lowest BCUT2D eigenvalue weighted by molar-refractivity contribution is -0.120. The van der Waals surface area contributed by atoms with Crippen LogP contribution in [-0.4, -0.2) is 27.8 Å². The van der Waals surface area contributed by atoms with Crippen LogP contribution in [0.15, 0.2) is 36.4 Å². The van der Waals surface area contributed by atoms with Gasteiger partial charge >= 0.3 is 5.97 Å². The predicted octanol–water partition coefficient (Wildman–Crippen LogP) is 2.00. The highest BCUT2D eigenvalue weighted by molar-refractivity contribution is 5.92. The van der Waals surface area contributed by atoms with Crippen molar-refractivity contribution in [3.8, 4) is 28.4 Å². The Hall–Kier alpha value is -3.02. The molecule has 0 saturated heterocycles. The fourth-order valence-electron chi connectivity index (χ4n) is 1.73. The fraction of sp³-hybridized carbons (Fsp3) is 0. The Balaban J connectivity index is 2.51. The van der Waals surface area contributed by atoms with E-state index in [1.165, 1.54) is 36.4 Å². The number of hydrogen-bond donors (Lipinski definition) is 3. The lowest BCUT2D eigenvalue weighted by atomic mass is 10.0. The van der Waals surface area contributed by atoms with E-state index in [4.69, 9.17) is 5.11 Å². The molecule has 102 valence electrons. The first-order valence-corrected chi connectivity index (χ1v) is 5.53. The van der Waals surface area contributed by atoms with Crippen LogP contribution >= 0.6 is 0 Å². The van der Waals surface area contributed by atoms with Crippen LogP contribution in [0.25, 0.3) is 11.1 Å². The summed E-state index contributed by atoms with van der Waals surface area (Å²) in [4.78, 5) is 21.3. The second-order valence-electron chi connectivity index (χ2n) is 3.93. The molecule has 0 atom stereocenters. The molecule has 0 heterocycles. The van der Waals surface area contributed by atoms with Gasteiger partial charge in [-0.2, -0.15) is 0 Å². The van der Waals surface area contributed by atoms with Gasteiger partial charge in [0.05, 0.1) is 0 Å². The molecule has 0 unspecified atom stereocenters. The van der Waals surface area contributed by atoms with Gasteiger partial charge in [-0.15, -0.1) is 0 Å². The maximum absolute atomic E-state index is 11.0. The summed E-state index contributed by atoms with van der Waals surface area (Å²) in [5.74, 6) is -1.85. The summed E-state index contributed by atoms with van der Waals surface area (Å²) in [6.07, 6.45) is 0. The zero-order valence-electron chi connectivity index (χ0n) is 10.1. The topological polar surface area (TPSA) is 104 Å². The van der Waals surface area contributed by atoms with E-state index in [1.54, 1.807) is 0 Å². The molecule has 6 heteroatoms. The Labute approximate surface area is 113 Å². The highest BCUT2D eigenvalue weighted by Crippen LogP contribution is 2.33. The summed E-state index contributed by atoms with van der Waals surface area (Å²) in [5.41, 5.74) is 0.784. The molecule has 2 aromatic rings. The summed E-state index contributed by atoms with van der Waals surface area (Å²) in [7, 11) is 0. The van der Waals surface area contributed by atoms with Gasteiger partial charge in [-0.25, -0.2) is 4.79 Å². The number of phenolic OH excluding ortho intramolecular Hbond substituents is 1. The molecule has 0 bridgehead atoms. The van der Waals surface area contributed by atoms with Gasteiger partial charge in [-0.3, -0.25) is 4.79 Å². The van der Waals surface area contributed by atoms with Crippen molar-refractivity contribution >= 4 is 12.4 Å². The number of carboxylic acids is 1. The summed E-state index contributed by atoms with van der Waals surface area (Å²) in [6.45, 7) is 0.179. The van der Waals surface area contributed by atoms with Crippen molar-refractivity contribution < 1.29 is 29.6 Å². The van der Waals surface area contributed by atoms with Crippen LogP contribution in [0, 0.1) is 0 Å². The van der Waals surface area contributed by atoms with Crippen LogP contribution in [0.1, 0.15) is 10.4 Å². The summed E-state index contributed by atoms with van der Waals surface area (Å²) in [6, 6.07) is 8.30. The maximum atomic E-state index is 11.0. The Morgan fingerprint density at radius 1 is 1.00 bits per heavy atom. The third-order valence-electron chi connectivity index (χ3n) is 2.70. The molecule has 0 aliphatic carbocycles. The van der Waals surface area contributed by atoms with Gasteiger partial charge in [0.1, 0.15) is 11.3 Å². The van der Waals surface area contributed by atoms with E-state index >= 15 is 0 Å². The first-order chi connectivity index (χ1) is 9.52. The molecule has 0 amide bonds. The van der Waals surface area contributed by atoms with E-state index in [9.17, 15) is 19.8 Å². The Bertz CT molecular complexity index is 677. The molecule has 0 aliphatic heterocycles. The lowest BCUT2D eigenvalue weighted by Gasteiger charge is -2.07. The number of carbonyl (C=O) groups excluding carboxylic acids is 1. The fourth-order valence-corrected chi connectivity index (χ4v) is 1.73. The van der Waals surface area contributed by atoms with Crippen LogP contribution in [0.4, 0.5) is 0 Å². The van der Waals surface area contributed by atoms with E-state index in [0.717, 1.165) is 0 Å². The molecule has 0 radical (unpaired) electrons. The molecule has 6 nitrogen and oxygen atoms in total. The molecular formula is C14H10O6. The number of hydrogen-bond acceptors (Lipinski definition) is 5. The SMILES string of the molecule is O=COc1cc(-c2ccc(O)c(C(=O)O)c2)ccc1O. The van der Waals surface area contributed by atoms with Crippen LogP contribution in [0.2, 0.25) is 0 Å². The average Bonchev–Trinajstić information content (AvgIpc) is 2.42. The minimum Gasteiger partial charge on any atom is -0.507 e. The van der Waals surface area contributed by atoms with Gasteiger partial charge < -0.3 is 20.1 Å². The number of aromatic hydroxyl groups is 2. The Morgan fingerprint density at radius 2 is 1.60 bits per heavy atom. The zero-order valence-corrected chi connectivity index (χ0v) is 10.1. The number of rotatable bonds is 4. The lowest BCUT2D eigenvalue weighted by Crippen LogP contribution is -1.97. The van der Waals surface area contributed by atoms with E-state index < -0.39 is 5.97 Å². The van der Waals surface area contributed by atoms with Crippen LogP contribution < -0.4 is 4.74 Å². The predicted molar refractivity (Wildman–Crippen MR) is 68.9 cm³/mol. The van der Waals surface area contributed by atoms with Gasteiger partial charge in [0.25, 0.3) is 6.47 Å². The highest BCUT2D eigenvalue weighted by Gasteiger charge is 2.12. The number of ether oxygens (including phenoxy) is 1. The third kappa shape index (κ3) is 2.54. The number of benzene rings is 2. The maximum Gasteiger partial charge on any atom is 0.339 e. The van der Waals surface area contributed by atoms with Gasteiger partial charge in [-0.1, -0.05) is 12.1 Å². The highest BCUT2D eigenvalue weighted by atomic mass is 16.5. The molecule has 20 heavy (non-hydrogen) atoms. The zero-order chi connectivity index (χ0) is 14.7. The van der Waals surface area contributed by atoms with Crippen molar-refractivity contribution in [3.63, 3.8) is 0 Å². The van der Waals surface area contributed by atoms with Crippen molar-refractivity contribution in [2.75, 3.05) is 0 Å². The number of phenols is 2. The molecule has 2 rings (SSSR count). The van der Waals surface area contributed by atoms with Crippen molar-refractivity contribution in [2.24, 2.45) is 0 Å². The van der Waals surface area contributed by atoms with Gasteiger partial charge in [0.15, 0.2) is 11.5 Å². The molecule has 3 N–H and O–H groups in total. The minimum absolute atomic E-state index is 0.0394. The molecule has 0 saturated carbocycles. The van der Waals surface area contributed by atoms with E-state index in [-0.39, 0.29) is 29.3 Å². The molecule has 0 aromatic heterocycles. The van der Waals surface area contributed by atoms with E-state index in [2.05, 4.69) is 4.74 Å². The second-order valence-corrected chi connectivity index (χ2v) is 3.93. The normalized spacial score (nSPS) is 10.0. The standard InChI is InChI=1S/C14H10O6/c15-7-20-13-6-9(2-4-12(13)17)8-1-3-11(16)10(5-8)14(18)19/h1-7,16-17H,(H,18,19). The van der Waals surface area contributed by atoms with Crippen molar-refractivity contribution in [2.45, 2.75) is 0 Å². The summed E-state index contributed by atoms with van der Waals surface area (Å²) in [5, 5.41) is 27.9. The van der Waals surface area contributed by atoms with Crippen LogP contribution in [-0.2, 0) is 4.79 Å². The summed E-state index contributed by atoms with van der Waals surface area (Å²) < 4.78 is 4.60. The van der Waals surface area contributed by atoms with Crippen molar-refractivity contribution in [3.05, 3.63) is 42.0 Å². The number of carboxylic acid groups (broad SMARTS) is 1. The van der Waals surface area contributed by atoms with Crippen molar-refractivity contribution in [1.29, 1.82) is 0 Å². The first-order valence-electron chi connectivity index (χ1n) is 5.53. The molecular weight excluding hydrogens is 264 g/mol. The molecule has 0 aliphatic rings. The molecule has 0 fully saturated rings. The van der Waals surface area contributed by atoms with E-state index in [1.807, 2.05) is 0 Å². The van der Waals surface area contributed by atoms with Crippen molar-refractivity contribution in [1.82, 2.24) is 0 Å². The second kappa shape index (κ2) is 5.31. The number of aromatic carboxylic acids is 1. The average molecular weight is 274 g/mol. The van der Waals surface area contributed by atoms with Gasteiger partial charge in [-0.05, 0) is 35.4 Å². The van der Waals surface area contributed by atoms with Gasteiger partial charge in [0, 0.05) is 0 Å². The Kier molecular flexibility index (Phi) is 3.56. The van der Waals surface area contributed by atoms with Gasteiger partial charge in [0.2, 0.25) is 0 Å².